The molecular weight excluding hydrogens is 600 g/mol. The highest BCUT2D eigenvalue weighted by Gasteiger charge is 2.31. The molecular formula is C32H50N4O10. The fraction of sp³-hybridized carbons (Fsp3) is 0.688. The highest BCUT2D eigenvalue weighted by Crippen LogP contribution is 2.25. The predicted octanol–water partition coefficient (Wildman–Crippen LogP) is -0.840. The van der Waals surface area contributed by atoms with E-state index >= 15 is 0 Å². The highest BCUT2D eigenvalue weighted by atomic mass is 16.5. The lowest BCUT2D eigenvalue weighted by molar-refractivity contribution is -0.123. The first-order valence-electron chi connectivity index (χ1n) is 15.2. The molecule has 0 aromatic carbocycles. The standard InChI is InChI=1S/C32H50N4O10/c1-4-16-41-22-25-44-19-13-33-29(38)7-10-32(36-28-37,11-8-30(39)34-14-20-45-26-23-42-17-5-2)12-9-31(40)35-15-21-46-27-24-43-18-6-3/h1-3,28H,7-27H2,(H,33,38)(H,34,39)(H,35,40)(H,36,37). The van der Waals surface area contributed by atoms with Gasteiger partial charge in [0, 0.05) is 44.4 Å². The second-order valence-electron chi connectivity index (χ2n) is 9.70. The van der Waals surface area contributed by atoms with Crippen molar-refractivity contribution >= 4 is 24.1 Å². The number of carbonyl (C=O) groups excluding carboxylic acids is 4. The minimum absolute atomic E-state index is 0.0561. The van der Waals surface area contributed by atoms with Crippen molar-refractivity contribution in [3.05, 3.63) is 0 Å². The maximum Gasteiger partial charge on any atom is 0.220 e. The second kappa shape index (κ2) is 31.3. The van der Waals surface area contributed by atoms with Crippen LogP contribution in [0.25, 0.3) is 0 Å². The summed E-state index contributed by atoms with van der Waals surface area (Å²) >= 11 is 0. The number of amides is 4. The van der Waals surface area contributed by atoms with Crippen LogP contribution >= 0.6 is 0 Å². The third kappa shape index (κ3) is 26.7. The van der Waals surface area contributed by atoms with E-state index in [0.29, 0.717) is 46.1 Å². The summed E-state index contributed by atoms with van der Waals surface area (Å²) in [6.45, 7) is 4.39. The summed E-state index contributed by atoms with van der Waals surface area (Å²) in [6.07, 6.45) is 16.6. The first-order valence-corrected chi connectivity index (χ1v) is 15.2. The first kappa shape index (κ1) is 42.3. The van der Waals surface area contributed by atoms with Gasteiger partial charge >= 0.3 is 0 Å². The Bertz CT molecular complexity index is 846. The maximum atomic E-state index is 12.6. The van der Waals surface area contributed by atoms with Gasteiger partial charge in [-0.3, -0.25) is 19.2 Å². The molecule has 0 aromatic heterocycles. The Kier molecular flexibility index (Phi) is 28.8. The Morgan fingerprint density at radius 2 is 0.826 bits per heavy atom. The average molecular weight is 651 g/mol. The third-order valence-electron chi connectivity index (χ3n) is 6.23. The fourth-order valence-corrected chi connectivity index (χ4v) is 3.88. The van der Waals surface area contributed by atoms with Gasteiger partial charge in [-0.15, -0.1) is 19.3 Å². The summed E-state index contributed by atoms with van der Waals surface area (Å²) in [7, 11) is 0. The molecule has 0 aliphatic rings. The molecule has 14 heteroatoms. The van der Waals surface area contributed by atoms with Crippen LogP contribution in [0.1, 0.15) is 38.5 Å². The molecule has 0 unspecified atom stereocenters. The zero-order chi connectivity index (χ0) is 34.0. The van der Waals surface area contributed by atoms with Gasteiger partial charge in [-0.05, 0) is 19.3 Å². The number of terminal acetylenes is 3. The van der Waals surface area contributed by atoms with Crippen LogP contribution in [0.2, 0.25) is 0 Å². The van der Waals surface area contributed by atoms with Crippen molar-refractivity contribution in [2.45, 2.75) is 44.1 Å². The van der Waals surface area contributed by atoms with Gasteiger partial charge in [-0.1, -0.05) is 17.8 Å². The summed E-state index contributed by atoms with van der Waals surface area (Å²) in [5.74, 6) is 6.30. The fourth-order valence-electron chi connectivity index (χ4n) is 3.88. The Morgan fingerprint density at radius 1 is 0.522 bits per heavy atom. The van der Waals surface area contributed by atoms with E-state index in [0.717, 1.165) is 0 Å². The number of carbonyl (C=O) groups is 4. The minimum atomic E-state index is -0.978. The lowest BCUT2D eigenvalue weighted by atomic mass is 9.83. The molecule has 0 rings (SSSR count). The van der Waals surface area contributed by atoms with Crippen molar-refractivity contribution in [1.82, 2.24) is 21.3 Å². The van der Waals surface area contributed by atoms with Crippen LogP contribution in [-0.4, -0.2) is 129 Å². The molecule has 0 aliphatic heterocycles. The van der Waals surface area contributed by atoms with Crippen LogP contribution in [0, 0.1) is 37.0 Å². The Morgan fingerprint density at radius 3 is 1.11 bits per heavy atom. The molecule has 4 N–H and O–H groups in total. The molecule has 0 heterocycles. The Labute approximate surface area is 273 Å². The van der Waals surface area contributed by atoms with Crippen molar-refractivity contribution in [2.24, 2.45) is 0 Å². The van der Waals surface area contributed by atoms with Gasteiger partial charge in [0.15, 0.2) is 0 Å². The van der Waals surface area contributed by atoms with E-state index in [1.807, 2.05) is 0 Å². The van der Waals surface area contributed by atoms with Gasteiger partial charge in [-0.2, -0.15) is 0 Å². The molecule has 0 spiro atoms. The van der Waals surface area contributed by atoms with Crippen LogP contribution in [0.3, 0.4) is 0 Å². The van der Waals surface area contributed by atoms with E-state index < -0.39 is 5.54 Å². The second-order valence-corrected chi connectivity index (χ2v) is 9.70. The van der Waals surface area contributed by atoms with Crippen LogP contribution in [0.4, 0.5) is 0 Å². The van der Waals surface area contributed by atoms with Gasteiger partial charge in [0.25, 0.3) is 0 Å². The molecule has 0 fully saturated rings. The van der Waals surface area contributed by atoms with Gasteiger partial charge < -0.3 is 49.7 Å². The van der Waals surface area contributed by atoms with Crippen molar-refractivity contribution in [3.8, 4) is 37.0 Å². The minimum Gasteiger partial charge on any atom is -0.377 e. The molecule has 0 bridgehead atoms. The number of hydrogen-bond donors (Lipinski definition) is 4. The van der Waals surface area contributed by atoms with Crippen LogP contribution in [0.5, 0.6) is 0 Å². The summed E-state index contributed by atoms with van der Waals surface area (Å²) in [6, 6.07) is 0. The summed E-state index contributed by atoms with van der Waals surface area (Å²) in [5.41, 5.74) is -0.978. The van der Waals surface area contributed by atoms with Gasteiger partial charge in [0.1, 0.15) is 19.8 Å². The Balaban J connectivity index is 4.85. The van der Waals surface area contributed by atoms with E-state index in [1.54, 1.807) is 0 Å². The van der Waals surface area contributed by atoms with Crippen molar-refractivity contribution in [1.29, 1.82) is 0 Å². The molecule has 0 radical (unpaired) electrons. The van der Waals surface area contributed by atoms with E-state index in [9.17, 15) is 19.2 Å². The van der Waals surface area contributed by atoms with E-state index in [-0.39, 0.29) is 116 Å². The number of ether oxygens (including phenoxy) is 6. The zero-order valence-corrected chi connectivity index (χ0v) is 26.7. The smallest absolute Gasteiger partial charge is 0.220 e. The number of nitrogens with one attached hydrogen (secondary N) is 4. The number of hydrogen-bond acceptors (Lipinski definition) is 10. The molecule has 46 heavy (non-hydrogen) atoms. The predicted molar refractivity (Wildman–Crippen MR) is 170 cm³/mol. The van der Waals surface area contributed by atoms with Crippen LogP contribution in [-0.2, 0) is 47.6 Å². The topological polar surface area (TPSA) is 172 Å². The first-order chi connectivity index (χ1) is 22.4. The van der Waals surface area contributed by atoms with Crippen molar-refractivity contribution in [3.63, 3.8) is 0 Å². The lowest BCUT2D eigenvalue weighted by Gasteiger charge is -2.33. The average Bonchev–Trinajstić information content (AvgIpc) is 3.05. The highest BCUT2D eigenvalue weighted by molar-refractivity contribution is 5.77. The summed E-state index contributed by atoms with van der Waals surface area (Å²) in [4.78, 5) is 49.3. The molecule has 14 nitrogen and oxygen atoms in total. The maximum absolute atomic E-state index is 12.6. The Hall–Kier alpha value is -3.68. The quantitative estimate of drug-likeness (QED) is 0.0409. The monoisotopic (exact) mass is 650 g/mol. The molecule has 0 saturated heterocycles. The summed E-state index contributed by atoms with van der Waals surface area (Å²) < 4.78 is 31.5. The zero-order valence-electron chi connectivity index (χ0n) is 26.7. The normalized spacial score (nSPS) is 10.6. The van der Waals surface area contributed by atoms with E-state index in [2.05, 4.69) is 39.0 Å². The van der Waals surface area contributed by atoms with Gasteiger partial charge in [-0.25, -0.2) is 0 Å². The third-order valence-corrected chi connectivity index (χ3v) is 6.23. The molecule has 0 aliphatic carbocycles. The van der Waals surface area contributed by atoms with Crippen molar-refractivity contribution < 1.29 is 47.6 Å². The molecule has 258 valence electrons. The molecule has 0 aromatic rings. The van der Waals surface area contributed by atoms with Gasteiger partial charge in [0.05, 0.1) is 59.5 Å². The van der Waals surface area contributed by atoms with E-state index in [1.165, 1.54) is 0 Å². The molecule has 0 saturated carbocycles. The van der Waals surface area contributed by atoms with Crippen molar-refractivity contribution in [2.75, 3.05) is 98.9 Å². The molecule has 4 amide bonds. The number of rotatable bonds is 32. The largest absolute Gasteiger partial charge is 0.377 e. The van der Waals surface area contributed by atoms with Crippen LogP contribution < -0.4 is 21.3 Å². The lowest BCUT2D eigenvalue weighted by Crippen LogP contribution is -2.47. The summed E-state index contributed by atoms with van der Waals surface area (Å²) in [5, 5.41) is 11.1. The molecule has 0 atom stereocenters. The SMILES string of the molecule is C#CCOCCOCCNC(=O)CCC(CCC(=O)NCCOCCOCC#C)(CCC(=O)NCCOCCOCC#C)NC=O. The van der Waals surface area contributed by atoms with Crippen LogP contribution in [0.15, 0.2) is 0 Å². The van der Waals surface area contributed by atoms with E-state index in [4.69, 9.17) is 47.7 Å². The van der Waals surface area contributed by atoms with Gasteiger partial charge in [0.2, 0.25) is 24.1 Å².